The zero-order valence-corrected chi connectivity index (χ0v) is 19.9. The number of nitrogens with one attached hydrogen (secondary N) is 2. The van der Waals surface area contributed by atoms with Crippen LogP contribution in [0.5, 0.6) is 0 Å². The summed E-state index contributed by atoms with van der Waals surface area (Å²) in [6.07, 6.45) is 5.48. The lowest BCUT2D eigenvalue weighted by molar-refractivity contribution is 0.633. The SMILES string of the molecule is C=CCNC(=NCCCN(CC)c1ccccc1)NCCn1cnnc1CC.I. The first-order valence-corrected chi connectivity index (χ1v) is 10.1. The van der Waals surface area contributed by atoms with Crippen LogP contribution < -0.4 is 15.5 Å². The molecule has 0 aliphatic carbocycles. The van der Waals surface area contributed by atoms with Crippen LogP contribution in [0.2, 0.25) is 0 Å². The summed E-state index contributed by atoms with van der Waals surface area (Å²) in [5, 5.41) is 14.7. The third kappa shape index (κ3) is 8.84. The maximum Gasteiger partial charge on any atom is 0.191 e. The summed E-state index contributed by atoms with van der Waals surface area (Å²) < 4.78 is 2.07. The number of aliphatic imine (C=N–C) groups is 1. The summed E-state index contributed by atoms with van der Waals surface area (Å²) in [5.74, 6) is 1.81. The molecule has 2 rings (SSSR count). The highest BCUT2D eigenvalue weighted by atomic mass is 127. The van der Waals surface area contributed by atoms with E-state index in [1.54, 1.807) is 6.33 Å². The highest BCUT2D eigenvalue weighted by molar-refractivity contribution is 14.0. The Morgan fingerprint density at radius 2 is 2.03 bits per heavy atom. The van der Waals surface area contributed by atoms with Gasteiger partial charge in [-0.1, -0.05) is 31.2 Å². The van der Waals surface area contributed by atoms with Gasteiger partial charge < -0.3 is 20.1 Å². The van der Waals surface area contributed by atoms with Crippen LogP contribution in [0.25, 0.3) is 0 Å². The van der Waals surface area contributed by atoms with Gasteiger partial charge in [0.25, 0.3) is 0 Å². The first-order chi connectivity index (χ1) is 13.8. The lowest BCUT2D eigenvalue weighted by Crippen LogP contribution is -2.39. The fourth-order valence-electron chi connectivity index (χ4n) is 2.94. The predicted octanol–water partition coefficient (Wildman–Crippen LogP) is 3.10. The highest BCUT2D eigenvalue weighted by Crippen LogP contribution is 2.12. The standard InChI is InChI=1S/C21H33N7.HI/c1-4-13-22-21(24-15-17-28-18-25-26-20(28)5-2)23-14-10-16-27(6-3)19-11-8-7-9-12-19;/h4,7-9,11-12,18H,1,5-6,10,13-17H2,2-3H3,(H2,22,23,24);1H. The Labute approximate surface area is 191 Å². The summed E-state index contributed by atoms with van der Waals surface area (Å²) in [7, 11) is 0. The molecule has 1 heterocycles. The average Bonchev–Trinajstić information content (AvgIpc) is 3.19. The first kappa shape index (κ1) is 24.9. The van der Waals surface area contributed by atoms with E-state index >= 15 is 0 Å². The van der Waals surface area contributed by atoms with Crippen LogP contribution in [0, 0.1) is 0 Å². The van der Waals surface area contributed by atoms with E-state index in [1.807, 2.05) is 12.1 Å². The van der Waals surface area contributed by atoms with E-state index in [0.717, 1.165) is 57.3 Å². The van der Waals surface area contributed by atoms with E-state index in [9.17, 15) is 0 Å². The Balaban J connectivity index is 0.00000420. The fraction of sp³-hybridized carbons (Fsp3) is 0.476. The number of aryl methyl sites for hydroxylation is 1. The highest BCUT2D eigenvalue weighted by Gasteiger charge is 2.04. The van der Waals surface area contributed by atoms with E-state index in [-0.39, 0.29) is 24.0 Å². The number of hydrogen-bond acceptors (Lipinski definition) is 4. The van der Waals surface area contributed by atoms with Crippen molar-refractivity contribution < 1.29 is 0 Å². The molecule has 0 radical (unpaired) electrons. The van der Waals surface area contributed by atoms with Crippen molar-refractivity contribution >= 4 is 35.6 Å². The quantitative estimate of drug-likeness (QED) is 0.151. The van der Waals surface area contributed by atoms with Crippen molar-refractivity contribution in [2.24, 2.45) is 4.99 Å². The Morgan fingerprint density at radius 3 is 2.72 bits per heavy atom. The molecule has 0 aliphatic rings. The van der Waals surface area contributed by atoms with Gasteiger partial charge in [0.2, 0.25) is 0 Å². The molecule has 1 aromatic heterocycles. The van der Waals surface area contributed by atoms with Gasteiger partial charge >= 0.3 is 0 Å². The molecule has 0 bridgehead atoms. The van der Waals surface area contributed by atoms with Crippen LogP contribution in [0.3, 0.4) is 0 Å². The zero-order valence-electron chi connectivity index (χ0n) is 17.5. The summed E-state index contributed by atoms with van der Waals surface area (Å²) in [5.41, 5.74) is 1.26. The molecular formula is C21H34IN7. The van der Waals surface area contributed by atoms with Crippen LogP contribution in [0.15, 0.2) is 54.3 Å². The Morgan fingerprint density at radius 1 is 1.24 bits per heavy atom. The molecule has 2 aromatic rings. The number of hydrogen-bond donors (Lipinski definition) is 2. The maximum atomic E-state index is 4.70. The van der Waals surface area contributed by atoms with E-state index in [4.69, 9.17) is 4.99 Å². The molecule has 29 heavy (non-hydrogen) atoms. The smallest absolute Gasteiger partial charge is 0.191 e. The van der Waals surface area contributed by atoms with Crippen molar-refractivity contribution in [1.82, 2.24) is 25.4 Å². The van der Waals surface area contributed by atoms with Gasteiger partial charge in [-0.25, -0.2) is 0 Å². The predicted molar refractivity (Wildman–Crippen MR) is 132 cm³/mol. The molecule has 7 nitrogen and oxygen atoms in total. The molecule has 2 N–H and O–H groups in total. The molecule has 0 aliphatic heterocycles. The Bertz CT molecular complexity index is 715. The summed E-state index contributed by atoms with van der Waals surface area (Å²) in [6, 6.07) is 10.5. The first-order valence-electron chi connectivity index (χ1n) is 10.1. The number of aromatic nitrogens is 3. The van der Waals surface area contributed by atoms with Gasteiger partial charge in [-0.2, -0.15) is 0 Å². The molecule has 0 atom stereocenters. The molecule has 8 heteroatoms. The molecule has 0 fully saturated rings. The third-order valence-corrected chi connectivity index (χ3v) is 4.43. The summed E-state index contributed by atoms with van der Waals surface area (Å²) in [4.78, 5) is 7.08. The van der Waals surface area contributed by atoms with Crippen molar-refractivity contribution in [1.29, 1.82) is 0 Å². The minimum absolute atomic E-state index is 0. The van der Waals surface area contributed by atoms with Gasteiger partial charge in [0.15, 0.2) is 5.96 Å². The van der Waals surface area contributed by atoms with Crippen LogP contribution in [-0.2, 0) is 13.0 Å². The van der Waals surface area contributed by atoms with E-state index < -0.39 is 0 Å². The molecule has 0 unspecified atom stereocenters. The van der Waals surface area contributed by atoms with Crippen molar-refractivity contribution in [3.05, 3.63) is 55.1 Å². The van der Waals surface area contributed by atoms with Crippen LogP contribution in [0.1, 0.15) is 26.1 Å². The van der Waals surface area contributed by atoms with Gasteiger partial charge in [0.05, 0.1) is 0 Å². The van der Waals surface area contributed by atoms with E-state index in [2.05, 4.69) is 75.0 Å². The number of halogens is 1. The number of nitrogens with zero attached hydrogens (tertiary/aromatic N) is 5. The summed E-state index contributed by atoms with van der Waals surface area (Å²) in [6.45, 7) is 13.0. The van der Waals surface area contributed by atoms with E-state index in [1.165, 1.54) is 5.69 Å². The van der Waals surface area contributed by atoms with Crippen LogP contribution in [-0.4, -0.2) is 53.4 Å². The minimum Gasteiger partial charge on any atom is -0.372 e. The lowest BCUT2D eigenvalue weighted by atomic mass is 10.2. The van der Waals surface area contributed by atoms with Crippen molar-refractivity contribution in [2.75, 3.05) is 37.6 Å². The third-order valence-electron chi connectivity index (χ3n) is 4.43. The monoisotopic (exact) mass is 511 g/mol. The molecule has 0 saturated carbocycles. The lowest BCUT2D eigenvalue weighted by Gasteiger charge is -2.22. The number of guanidine groups is 1. The van der Waals surface area contributed by atoms with Gasteiger partial charge in [-0.05, 0) is 25.5 Å². The molecule has 0 saturated heterocycles. The van der Waals surface area contributed by atoms with Gasteiger partial charge in [-0.15, -0.1) is 40.8 Å². The Kier molecular flexibility index (Phi) is 12.8. The van der Waals surface area contributed by atoms with Crippen LogP contribution in [0.4, 0.5) is 5.69 Å². The van der Waals surface area contributed by atoms with Crippen molar-refractivity contribution in [3.63, 3.8) is 0 Å². The molecule has 1 aromatic carbocycles. The molecule has 160 valence electrons. The second kappa shape index (κ2) is 14.8. The molecular weight excluding hydrogens is 477 g/mol. The number of benzene rings is 1. The van der Waals surface area contributed by atoms with Crippen molar-refractivity contribution in [3.8, 4) is 0 Å². The second-order valence-corrected chi connectivity index (χ2v) is 6.39. The van der Waals surface area contributed by atoms with Crippen LogP contribution >= 0.6 is 24.0 Å². The van der Waals surface area contributed by atoms with E-state index in [0.29, 0.717) is 6.54 Å². The van der Waals surface area contributed by atoms with Gasteiger partial charge in [0, 0.05) is 51.4 Å². The number of anilines is 1. The van der Waals surface area contributed by atoms with Gasteiger partial charge in [-0.3, -0.25) is 4.99 Å². The average molecular weight is 511 g/mol. The number of para-hydroxylation sites is 1. The Hall–Kier alpha value is -2.10. The summed E-state index contributed by atoms with van der Waals surface area (Å²) >= 11 is 0. The molecule has 0 spiro atoms. The molecule has 0 amide bonds. The normalized spacial score (nSPS) is 10.9. The largest absolute Gasteiger partial charge is 0.372 e. The topological polar surface area (TPSA) is 70.4 Å². The maximum absolute atomic E-state index is 4.70. The minimum atomic E-state index is 0. The second-order valence-electron chi connectivity index (χ2n) is 6.39. The van der Waals surface area contributed by atoms with Crippen molar-refractivity contribution in [2.45, 2.75) is 33.2 Å². The zero-order chi connectivity index (χ0) is 20.0. The fourth-order valence-corrected chi connectivity index (χ4v) is 2.94. The van der Waals surface area contributed by atoms with Gasteiger partial charge in [0.1, 0.15) is 12.2 Å². The number of rotatable bonds is 12.